The molecule has 0 atom stereocenters. The SMILES string of the molecule is O=C1CC(c2cccc(NC3=CC(=O)N(CCO)C3=O)c2)=NN1. The largest absolute Gasteiger partial charge is 0.395 e. The van der Waals surface area contributed by atoms with E-state index >= 15 is 0 Å². The second-order valence-electron chi connectivity index (χ2n) is 5.05. The molecule has 3 amide bonds. The molecule has 0 unspecified atom stereocenters. The van der Waals surface area contributed by atoms with Crippen molar-refractivity contribution in [3.8, 4) is 0 Å². The van der Waals surface area contributed by atoms with E-state index in [0.29, 0.717) is 11.4 Å². The van der Waals surface area contributed by atoms with Crippen LogP contribution in [0.1, 0.15) is 12.0 Å². The fraction of sp³-hybridized carbons (Fsp3) is 0.200. The van der Waals surface area contributed by atoms with Gasteiger partial charge >= 0.3 is 0 Å². The number of hydrazone groups is 1. The first-order valence-corrected chi connectivity index (χ1v) is 7.00. The Morgan fingerprint density at radius 2 is 2.13 bits per heavy atom. The number of carbonyl (C=O) groups is 3. The minimum atomic E-state index is -0.482. The van der Waals surface area contributed by atoms with E-state index in [-0.39, 0.29) is 31.2 Å². The molecule has 3 N–H and O–H groups in total. The quantitative estimate of drug-likeness (QED) is 0.639. The highest BCUT2D eigenvalue weighted by Crippen LogP contribution is 2.19. The predicted molar refractivity (Wildman–Crippen MR) is 81.3 cm³/mol. The zero-order chi connectivity index (χ0) is 16.4. The van der Waals surface area contributed by atoms with Gasteiger partial charge in [0.25, 0.3) is 11.8 Å². The molecule has 118 valence electrons. The molecule has 0 fully saturated rings. The van der Waals surface area contributed by atoms with Crippen LogP contribution in [0.25, 0.3) is 0 Å². The van der Waals surface area contributed by atoms with Gasteiger partial charge < -0.3 is 10.4 Å². The maximum atomic E-state index is 12.1. The van der Waals surface area contributed by atoms with Crippen molar-refractivity contribution in [2.75, 3.05) is 18.5 Å². The van der Waals surface area contributed by atoms with Crippen LogP contribution in [0.15, 0.2) is 41.1 Å². The molecule has 0 saturated carbocycles. The fourth-order valence-corrected chi connectivity index (χ4v) is 2.37. The summed E-state index contributed by atoms with van der Waals surface area (Å²) in [6.45, 7) is -0.321. The number of aliphatic hydroxyl groups is 1. The van der Waals surface area contributed by atoms with E-state index < -0.39 is 11.8 Å². The summed E-state index contributed by atoms with van der Waals surface area (Å²) >= 11 is 0. The molecule has 2 aliphatic heterocycles. The summed E-state index contributed by atoms with van der Waals surface area (Å²) < 4.78 is 0. The summed E-state index contributed by atoms with van der Waals surface area (Å²) in [4.78, 5) is 36.0. The van der Waals surface area contributed by atoms with E-state index in [1.54, 1.807) is 24.3 Å². The second kappa shape index (κ2) is 6.01. The van der Waals surface area contributed by atoms with E-state index in [1.165, 1.54) is 6.08 Å². The molecule has 8 nitrogen and oxygen atoms in total. The molecular formula is C15H14N4O4. The molecule has 0 bridgehead atoms. The zero-order valence-corrected chi connectivity index (χ0v) is 12.1. The van der Waals surface area contributed by atoms with Crippen LogP contribution in [-0.4, -0.2) is 46.6 Å². The molecule has 2 aliphatic rings. The Kier molecular flexibility index (Phi) is 3.90. The maximum Gasteiger partial charge on any atom is 0.277 e. The topological polar surface area (TPSA) is 111 Å². The van der Waals surface area contributed by atoms with Gasteiger partial charge in [-0.1, -0.05) is 12.1 Å². The number of hydrogen-bond acceptors (Lipinski definition) is 6. The first kappa shape index (κ1) is 14.9. The number of amides is 3. The van der Waals surface area contributed by atoms with Crippen molar-refractivity contribution in [2.45, 2.75) is 6.42 Å². The highest BCUT2D eigenvalue weighted by atomic mass is 16.3. The molecular weight excluding hydrogens is 300 g/mol. The van der Waals surface area contributed by atoms with Crippen LogP contribution >= 0.6 is 0 Å². The molecule has 3 rings (SSSR count). The van der Waals surface area contributed by atoms with Crippen LogP contribution in [0.3, 0.4) is 0 Å². The van der Waals surface area contributed by atoms with Crippen molar-refractivity contribution < 1.29 is 19.5 Å². The third kappa shape index (κ3) is 2.97. The smallest absolute Gasteiger partial charge is 0.277 e. The van der Waals surface area contributed by atoms with Crippen molar-refractivity contribution in [3.63, 3.8) is 0 Å². The highest BCUT2D eigenvalue weighted by Gasteiger charge is 2.30. The summed E-state index contributed by atoms with van der Waals surface area (Å²) in [5.74, 6) is -1.11. The van der Waals surface area contributed by atoms with Gasteiger partial charge in [-0.25, -0.2) is 5.43 Å². The predicted octanol–water partition coefficient (Wildman–Crippen LogP) is -0.433. The lowest BCUT2D eigenvalue weighted by Gasteiger charge is -2.13. The highest BCUT2D eigenvalue weighted by molar-refractivity contribution is 6.17. The van der Waals surface area contributed by atoms with Gasteiger partial charge in [-0.3, -0.25) is 19.3 Å². The second-order valence-corrected chi connectivity index (χ2v) is 5.05. The molecule has 0 spiro atoms. The summed E-state index contributed by atoms with van der Waals surface area (Å²) in [7, 11) is 0. The van der Waals surface area contributed by atoms with Gasteiger partial charge in [0.05, 0.1) is 25.3 Å². The molecule has 0 aromatic heterocycles. The number of benzene rings is 1. The number of hydrogen-bond donors (Lipinski definition) is 3. The van der Waals surface area contributed by atoms with Crippen LogP contribution in [0, 0.1) is 0 Å². The molecule has 1 aromatic carbocycles. The van der Waals surface area contributed by atoms with Crippen LogP contribution < -0.4 is 10.7 Å². The molecule has 0 radical (unpaired) electrons. The third-order valence-electron chi connectivity index (χ3n) is 3.45. The normalized spacial score (nSPS) is 17.3. The Bertz CT molecular complexity index is 754. The number of nitrogens with one attached hydrogen (secondary N) is 2. The lowest BCUT2D eigenvalue weighted by Crippen LogP contribution is -2.34. The van der Waals surface area contributed by atoms with E-state index in [1.807, 2.05) is 0 Å². The summed E-state index contributed by atoms with van der Waals surface area (Å²) in [5, 5.41) is 15.7. The first-order chi connectivity index (χ1) is 11.1. The molecule has 23 heavy (non-hydrogen) atoms. The average molecular weight is 314 g/mol. The summed E-state index contributed by atoms with van der Waals surface area (Å²) in [5.41, 5.74) is 4.49. The Balaban J connectivity index is 1.77. The molecule has 2 heterocycles. The van der Waals surface area contributed by atoms with Crippen molar-refractivity contribution in [1.82, 2.24) is 10.3 Å². The zero-order valence-electron chi connectivity index (χ0n) is 12.1. The Morgan fingerprint density at radius 3 is 2.83 bits per heavy atom. The van der Waals surface area contributed by atoms with Gasteiger partial charge in [0.15, 0.2) is 0 Å². The summed E-state index contributed by atoms with van der Waals surface area (Å²) in [6.07, 6.45) is 1.40. The van der Waals surface area contributed by atoms with Crippen molar-refractivity contribution in [1.29, 1.82) is 0 Å². The third-order valence-corrected chi connectivity index (χ3v) is 3.45. The number of imide groups is 1. The van der Waals surface area contributed by atoms with Gasteiger partial charge in [0.2, 0.25) is 5.91 Å². The molecule has 0 saturated heterocycles. The Morgan fingerprint density at radius 1 is 1.30 bits per heavy atom. The van der Waals surface area contributed by atoms with Gasteiger partial charge in [-0.15, -0.1) is 0 Å². The van der Waals surface area contributed by atoms with E-state index in [2.05, 4.69) is 15.8 Å². The van der Waals surface area contributed by atoms with Gasteiger partial charge in [0.1, 0.15) is 5.70 Å². The number of anilines is 1. The van der Waals surface area contributed by atoms with Crippen LogP contribution in [-0.2, 0) is 14.4 Å². The Hall–Kier alpha value is -3.00. The number of rotatable bonds is 5. The molecule has 8 heteroatoms. The number of aliphatic hydroxyl groups excluding tert-OH is 1. The van der Waals surface area contributed by atoms with Crippen LogP contribution in [0.2, 0.25) is 0 Å². The number of nitrogens with zero attached hydrogens (tertiary/aromatic N) is 2. The first-order valence-electron chi connectivity index (χ1n) is 7.00. The van der Waals surface area contributed by atoms with E-state index in [0.717, 1.165) is 10.5 Å². The van der Waals surface area contributed by atoms with Gasteiger partial charge in [-0.05, 0) is 12.1 Å². The lowest BCUT2D eigenvalue weighted by molar-refractivity contribution is -0.137. The minimum Gasteiger partial charge on any atom is -0.395 e. The van der Waals surface area contributed by atoms with Crippen molar-refractivity contribution in [2.24, 2.45) is 5.10 Å². The van der Waals surface area contributed by atoms with E-state index in [4.69, 9.17) is 5.11 Å². The molecule has 0 aliphatic carbocycles. The number of β-amino-alcohol motifs (C(OH)–C–C–N with tert-alkyl or cyclic N) is 1. The van der Waals surface area contributed by atoms with Gasteiger partial charge in [-0.2, -0.15) is 5.10 Å². The standard InChI is InChI=1S/C15H14N4O4/c20-5-4-19-14(22)8-12(15(19)23)16-10-3-1-2-9(6-10)11-7-13(21)18-17-11/h1-3,6,8,16,20H,4-5,7H2,(H,18,21). The van der Waals surface area contributed by atoms with Crippen LogP contribution in [0.4, 0.5) is 5.69 Å². The maximum absolute atomic E-state index is 12.1. The van der Waals surface area contributed by atoms with Gasteiger partial charge in [0, 0.05) is 17.3 Å². The minimum absolute atomic E-state index is 0.0377. The molecule has 1 aromatic rings. The Labute approximate surface area is 131 Å². The average Bonchev–Trinajstić information content (AvgIpc) is 3.07. The lowest BCUT2D eigenvalue weighted by atomic mass is 10.1. The van der Waals surface area contributed by atoms with E-state index in [9.17, 15) is 14.4 Å². The number of carbonyl (C=O) groups excluding carboxylic acids is 3. The van der Waals surface area contributed by atoms with Crippen LogP contribution in [0.5, 0.6) is 0 Å². The monoisotopic (exact) mass is 314 g/mol. The van der Waals surface area contributed by atoms with Crippen molar-refractivity contribution in [3.05, 3.63) is 41.6 Å². The van der Waals surface area contributed by atoms with Crippen molar-refractivity contribution >= 4 is 29.1 Å². The summed E-state index contributed by atoms with van der Waals surface area (Å²) in [6, 6.07) is 7.04. The fourth-order valence-electron chi connectivity index (χ4n) is 2.37.